The van der Waals surface area contributed by atoms with Crippen LogP contribution in [0.25, 0.3) is 6.08 Å². The van der Waals surface area contributed by atoms with E-state index in [9.17, 15) is 14.7 Å². The van der Waals surface area contributed by atoms with Crippen LogP contribution in [0.4, 0.5) is 0 Å². The Bertz CT molecular complexity index is 812. The molecule has 142 valence electrons. The first-order chi connectivity index (χ1) is 12.8. The van der Waals surface area contributed by atoms with Gasteiger partial charge in [-0.25, -0.2) is 0 Å². The highest BCUT2D eigenvalue weighted by Crippen LogP contribution is 2.14. The van der Waals surface area contributed by atoms with E-state index >= 15 is 0 Å². The number of hydrogen-bond acceptors (Lipinski definition) is 4. The van der Waals surface area contributed by atoms with Crippen molar-refractivity contribution in [3.05, 3.63) is 71.4 Å². The molecular formula is C21H24N2O4. The van der Waals surface area contributed by atoms with Crippen LogP contribution in [0.15, 0.2) is 60.3 Å². The predicted molar refractivity (Wildman–Crippen MR) is 104 cm³/mol. The first kappa shape index (κ1) is 20.2. The summed E-state index contributed by atoms with van der Waals surface area (Å²) in [5.41, 5.74) is 0.409. The third-order valence-corrected chi connectivity index (χ3v) is 3.80. The summed E-state index contributed by atoms with van der Waals surface area (Å²) in [4.78, 5) is 25.2. The lowest BCUT2D eigenvalue weighted by atomic mass is 10.1. The zero-order valence-corrected chi connectivity index (χ0v) is 15.7. The third kappa shape index (κ3) is 5.97. The van der Waals surface area contributed by atoms with Crippen molar-refractivity contribution in [2.45, 2.75) is 19.4 Å². The Balaban J connectivity index is 2.30. The molecule has 0 saturated carbocycles. The Labute approximate surface area is 158 Å². The van der Waals surface area contributed by atoms with Gasteiger partial charge in [0.05, 0.1) is 19.3 Å². The molecule has 0 heterocycles. The highest BCUT2D eigenvalue weighted by Gasteiger charge is 2.22. The summed E-state index contributed by atoms with van der Waals surface area (Å²) < 4.78 is 5.13. The molecule has 0 spiro atoms. The summed E-state index contributed by atoms with van der Waals surface area (Å²) in [6, 6.07) is 15.7. The fourth-order valence-electron chi connectivity index (χ4n) is 2.22. The highest BCUT2D eigenvalue weighted by atomic mass is 16.5. The molecule has 2 aromatic carbocycles. The Morgan fingerprint density at radius 1 is 1.07 bits per heavy atom. The van der Waals surface area contributed by atoms with Gasteiger partial charge < -0.3 is 20.5 Å². The van der Waals surface area contributed by atoms with Gasteiger partial charge in [-0.05, 0) is 49.8 Å². The Kier molecular flexibility index (Phi) is 6.73. The van der Waals surface area contributed by atoms with Crippen LogP contribution < -0.4 is 15.4 Å². The van der Waals surface area contributed by atoms with Gasteiger partial charge in [0, 0.05) is 5.56 Å². The van der Waals surface area contributed by atoms with E-state index in [1.54, 1.807) is 81.6 Å². The van der Waals surface area contributed by atoms with Crippen molar-refractivity contribution in [1.29, 1.82) is 0 Å². The standard InChI is InChI=1S/C21H24N2O4/c1-21(2,14-24)23-20(26)18(13-15-9-11-17(27-3)12-10-15)22-19(25)16-7-5-4-6-8-16/h4-13,24H,14H2,1-3H3,(H,22,25)(H,23,26)/b18-13-. The lowest BCUT2D eigenvalue weighted by molar-refractivity contribution is -0.119. The largest absolute Gasteiger partial charge is 0.497 e. The number of benzene rings is 2. The quantitative estimate of drug-likeness (QED) is 0.655. The maximum atomic E-state index is 12.7. The highest BCUT2D eigenvalue weighted by molar-refractivity contribution is 6.05. The van der Waals surface area contributed by atoms with E-state index in [-0.39, 0.29) is 12.3 Å². The lowest BCUT2D eigenvalue weighted by Crippen LogP contribution is -2.48. The Morgan fingerprint density at radius 3 is 2.26 bits per heavy atom. The average Bonchev–Trinajstić information content (AvgIpc) is 2.68. The molecule has 0 atom stereocenters. The first-order valence-electron chi connectivity index (χ1n) is 8.50. The van der Waals surface area contributed by atoms with E-state index in [0.29, 0.717) is 11.3 Å². The van der Waals surface area contributed by atoms with Crippen LogP contribution in [0.3, 0.4) is 0 Å². The number of ether oxygens (including phenoxy) is 1. The van der Waals surface area contributed by atoms with Crippen LogP contribution in [0, 0.1) is 0 Å². The molecule has 2 aromatic rings. The zero-order valence-electron chi connectivity index (χ0n) is 15.7. The summed E-state index contributed by atoms with van der Waals surface area (Å²) in [7, 11) is 1.57. The van der Waals surface area contributed by atoms with Gasteiger partial charge in [-0.3, -0.25) is 9.59 Å². The van der Waals surface area contributed by atoms with Crippen molar-refractivity contribution in [1.82, 2.24) is 10.6 Å². The molecule has 27 heavy (non-hydrogen) atoms. The van der Waals surface area contributed by atoms with Gasteiger partial charge in [0.15, 0.2) is 0 Å². The zero-order chi connectivity index (χ0) is 19.9. The second kappa shape index (κ2) is 9.00. The van der Waals surface area contributed by atoms with E-state index in [1.165, 1.54) is 0 Å². The maximum absolute atomic E-state index is 12.7. The fourth-order valence-corrected chi connectivity index (χ4v) is 2.22. The topological polar surface area (TPSA) is 87.7 Å². The molecule has 0 aliphatic rings. The molecule has 6 heteroatoms. The Morgan fingerprint density at radius 2 is 1.70 bits per heavy atom. The molecule has 0 aliphatic heterocycles. The van der Waals surface area contributed by atoms with Crippen molar-refractivity contribution in [2.75, 3.05) is 13.7 Å². The minimum absolute atomic E-state index is 0.0792. The van der Waals surface area contributed by atoms with Gasteiger partial charge in [-0.15, -0.1) is 0 Å². The summed E-state index contributed by atoms with van der Waals surface area (Å²) in [5, 5.41) is 14.8. The van der Waals surface area contributed by atoms with Crippen molar-refractivity contribution in [3.8, 4) is 5.75 Å². The van der Waals surface area contributed by atoms with Crippen molar-refractivity contribution in [3.63, 3.8) is 0 Å². The van der Waals surface area contributed by atoms with Crippen molar-refractivity contribution < 1.29 is 19.4 Å². The predicted octanol–water partition coefficient (Wildman–Crippen LogP) is 2.35. The van der Waals surface area contributed by atoms with E-state index in [2.05, 4.69) is 10.6 Å². The van der Waals surface area contributed by atoms with Crippen LogP contribution in [-0.4, -0.2) is 36.2 Å². The molecule has 0 radical (unpaired) electrons. The monoisotopic (exact) mass is 368 g/mol. The molecule has 0 unspecified atom stereocenters. The average molecular weight is 368 g/mol. The minimum atomic E-state index is -0.826. The van der Waals surface area contributed by atoms with Crippen LogP contribution >= 0.6 is 0 Å². The summed E-state index contributed by atoms with van der Waals surface area (Å²) >= 11 is 0. The van der Waals surface area contributed by atoms with E-state index in [4.69, 9.17) is 4.74 Å². The number of amides is 2. The molecule has 0 saturated heterocycles. The van der Waals surface area contributed by atoms with Gasteiger partial charge in [0.1, 0.15) is 11.4 Å². The molecule has 0 aromatic heterocycles. The van der Waals surface area contributed by atoms with Gasteiger partial charge >= 0.3 is 0 Å². The summed E-state index contributed by atoms with van der Waals surface area (Å²) in [5.74, 6) is -0.200. The minimum Gasteiger partial charge on any atom is -0.497 e. The van der Waals surface area contributed by atoms with Gasteiger partial charge in [-0.1, -0.05) is 30.3 Å². The SMILES string of the molecule is COc1ccc(/C=C(\NC(=O)c2ccccc2)C(=O)NC(C)(C)CO)cc1. The smallest absolute Gasteiger partial charge is 0.268 e. The van der Waals surface area contributed by atoms with Crippen LogP contribution in [-0.2, 0) is 4.79 Å². The summed E-state index contributed by atoms with van der Waals surface area (Å²) in [6.07, 6.45) is 1.57. The lowest BCUT2D eigenvalue weighted by Gasteiger charge is -2.24. The molecule has 6 nitrogen and oxygen atoms in total. The number of nitrogens with one attached hydrogen (secondary N) is 2. The fraction of sp³-hybridized carbons (Fsp3) is 0.238. The van der Waals surface area contributed by atoms with E-state index in [0.717, 1.165) is 5.56 Å². The van der Waals surface area contributed by atoms with Gasteiger partial charge in [-0.2, -0.15) is 0 Å². The second-order valence-electron chi connectivity index (χ2n) is 6.65. The number of methoxy groups -OCH3 is 1. The van der Waals surface area contributed by atoms with Crippen LogP contribution in [0.1, 0.15) is 29.8 Å². The molecule has 0 aliphatic carbocycles. The number of rotatable bonds is 7. The maximum Gasteiger partial charge on any atom is 0.268 e. The van der Waals surface area contributed by atoms with E-state index < -0.39 is 17.4 Å². The first-order valence-corrected chi connectivity index (χ1v) is 8.50. The molecule has 2 amide bonds. The summed E-state index contributed by atoms with van der Waals surface area (Å²) in [6.45, 7) is 3.14. The Hall–Kier alpha value is -3.12. The normalized spacial score (nSPS) is 11.6. The number of carbonyl (C=O) groups is 2. The van der Waals surface area contributed by atoms with Crippen molar-refractivity contribution >= 4 is 17.9 Å². The van der Waals surface area contributed by atoms with Gasteiger partial charge in [0.25, 0.3) is 11.8 Å². The second-order valence-corrected chi connectivity index (χ2v) is 6.65. The van der Waals surface area contributed by atoms with Crippen LogP contribution in [0.5, 0.6) is 5.75 Å². The van der Waals surface area contributed by atoms with Crippen LogP contribution in [0.2, 0.25) is 0 Å². The number of aliphatic hydroxyl groups excluding tert-OH is 1. The molecule has 3 N–H and O–H groups in total. The number of aliphatic hydroxyl groups is 1. The molecule has 0 bridgehead atoms. The molecular weight excluding hydrogens is 344 g/mol. The molecule has 2 rings (SSSR count). The third-order valence-electron chi connectivity index (χ3n) is 3.80. The molecule has 0 fully saturated rings. The number of hydrogen-bond donors (Lipinski definition) is 3. The van der Waals surface area contributed by atoms with Crippen molar-refractivity contribution in [2.24, 2.45) is 0 Å². The number of carbonyl (C=O) groups excluding carboxylic acids is 2. The van der Waals surface area contributed by atoms with Gasteiger partial charge in [0.2, 0.25) is 0 Å². The van der Waals surface area contributed by atoms with E-state index in [1.807, 2.05) is 0 Å².